The van der Waals surface area contributed by atoms with Crippen LogP contribution in [0.3, 0.4) is 0 Å². The zero-order valence-electron chi connectivity index (χ0n) is 19.2. The van der Waals surface area contributed by atoms with E-state index in [0.717, 1.165) is 28.0 Å². The normalized spacial score (nSPS) is 17.0. The topological polar surface area (TPSA) is 89.7 Å². The summed E-state index contributed by atoms with van der Waals surface area (Å²) in [6, 6.07) is 22.4. The zero-order valence-corrected chi connectivity index (χ0v) is 19.2. The highest BCUT2D eigenvalue weighted by atomic mass is 16.7. The van der Waals surface area contributed by atoms with Crippen LogP contribution in [-0.4, -0.2) is 23.0 Å². The minimum absolute atomic E-state index is 0.190. The molecule has 0 radical (unpaired) electrons. The van der Waals surface area contributed by atoms with Crippen LogP contribution >= 0.6 is 0 Å². The second-order valence-electron chi connectivity index (χ2n) is 8.45. The van der Waals surface area contributed by atoms with Crippen molar-refractivity contribution in [2.24, 2.45) is 0 Å². The molecule has 0 saturated carbocycles. The minimum atomic E-state index is -0.451. The number of nitrogens with zero attached hydrogens (tertiary/aromatic N) is 3. The number of allylic oxidation sites excluding steroid dienone is 1. The van der Waals surface area contributed by atoms with Crippen molar-refractivity contribution in [1.82, 2.24) is 15.5 Å². The van der Waals surface area contributed by atoms with Crippen molar-refractivity contribution in [3.63, 3.8) is 0 Å². The molecule has 0 spiro atoms. The van der Waals surface area contributed by atoms with E-state index in [9.17, 15) is 4.79 Å². The van der Waals surface area contributed by atoms with Crippen LogP contribution < -0.4 is 19.7 Å². The quantitative estimate of drug-likeness (QED) is 0.429. The lowest BCUT2D eigenvalue weighted by molar-refractivity contribution is 0.174. The number of carbonyl (C=O) groups excluding carboxylic acids is 1. The van der Waals surface area contributed by atoms with E-state index in [1.807, 2.05) is 86.6 Å². The highest BCUT2D eigenvalue weighted by molar-refractivity contribution is 6.01. The number of aryl methyl sites for hydroxylation is 1. The summed E-state index contributed by atoms with van der Waals surface area (Å²) in [4.78, 5) is 19.6. The monoisotopic (exact) mass is 466 g/mol. The summed E-state index contributed by atoms with van der Waals surface area (Å²) in [6.45, 7) is 4.11. The molecule has 3 aromatic carbocycles. The second-order valence-corrected chi connectivity index (χ2v) is 8.45. The van der Waals surface area contributed by atoms with Crippen LogP contribution in [0.15, 0.2) is 83.0 Å². The Morgan fingerprint density at radius 2 is 1.71 bits per heavy atom. The number of para-hydroxylation sites is 1. The van der Waals surface area contributed by atoms with Gasteiger partial charge in [0.15, 0.2) is 11.5 Å². The Bertz CT molecular complexity index is 1440. The van der Waals surface area contributed by atoms with Crippen LogP contribution in [0.4, 0.5) is 10.5 Å². The van der Waals surface area contributed by atoms with Crippen molar-refractivity contribution in [3.05, 3.63) is 95.5 Å². The number of aromatic nitrogens is 2. The third-order valence-corrected chi connectivity index (χ3v) is 6.20. The number of benzene rings is 3. The summed E-state index contributed by atoms with van der Waals surface area (Å²) in [5.41, 5.74) is 5.00. The molecule has 174 valence electrons. The maximum atomic E-state index is 13.3. The molecule has 8 nitrogen and oxygen atoms in total. The smallest absolute Gasteiger partial charge is 0.326 e. The van der Waals surface area contributed by atoms with Crippen LogP contribution in [0.1, 0.15) is 30.0 Å². The van der Waals surface area contributed by atoms with Gasteiger partial charge >= 0.3 is 6.03 Å². The van der Waals surface area contributed by atoms with Crippen molar-refractivity contribution in [2.45, 2.75) is 19.9 Å². The molecule has 2 amide bonds. The molecule has 1 aromatic heterocycles. The van der Waals surface area contributed by atoms with E-state index in [2.05, 4.69) is 10.5 Å². The Balaban J connectivity index is 1.47. The van der Waals surface area contributed by atoms with E-state index in [1.54, 1.807) is 4.90 Å². The van der Waals surface area contributed by atoms with Gasteiger partial charge in [0.25, 0.3) is 5.89 Å². The van der Waals surface area contributed by atoms with Gasteiger partial charge in [-0.3, -0.25) is 4.90 Å². The molecule has 1 N–H and O–H groups in total. The predicted octanol–water partition coefficient (Wildman–Crippen LogP) is 5.48. The van der Waals surface area contributed by atoms with Gasteiger partial charge in [-0.2, -0.15) is 4.98 Å². The number of nitrogens with one attached hydrogen (secondary N) is 1. The third-order valence-electron chi connectivity index (χ3n) is 6.20. The third kappa shape index (κ3) is 3.69. The lowest BCUT2D eigenvalue weighted by Crippen LogP contribution is -2.46. The molecule has 0 saturated heterocycles. The van der Waals surface area contributed by atoms with E-state index >= 15 is 0 Å². The first-order chi connectivity index (χ1) is 17.1. The number of fused-ring (bicyclic) bond motifs is 1. The standard InChI is InChI=1S/C27H22N4O4/c1-16-8-10-18(11-9-16)24-23(17(2)31(27(32)28-24)20-6-4-3-5-7-20)26-29-25(30-35-26)19-12-13-21-22(14-19)34-15-33-21/h3-14,24H,15H2,1-2H3,(H,28,32). The lowest BCUT2D eigenvalue weighted by Gasteiger charge is -2.35. The summed E-state index contributed by atoms with van der Waals surface area (Å²) in [5.74, 6) is 2.08. The fraction of sp³-hybridized carbons (Fsp3) is 0.148. The Morgan fingerprint density at radius 3 is 2.51 bits per heavy atom. The fourth-order valence-electron chi connectivity index (χ4n) is 4.40. The van der Waals surface area contributed by atoms with Gasteiger partial charge in [0, 0.05) is 11.3 Å². The van der Waals surface area contributed by atoms with E-state index in [-0.39, 0.29) is 12.8 Å². The van der Waals surface area contributed by atoms with Gasteiger partial charge in [-0.25, -0.2) is 4.79 Å². The summed E-state index contributed by atoms with van der Waals surface area (Å²) >= 11 is 0. The summed E-state index contributed by atoms with van der Waals surface area (Å²) in [5, 5.41) is 7.36. The van der Waals surface area contributed by atoms with Crippen molar-refractivity contribution in [1.29, 1.82) is 0 Å². The number of ether oxygens (including phenoxy) is 2. The average Bonchev–Trinajstić information content (AvgIpc) is 3.54. The number of hydrogen-bond donors (Lipinski definition) is 1. The maximum Gasteiger partial charge on any atom is 0.326 e. The van der Waals surface area contributed by atoms with Crippen molar-refractivity contribution in [2.75, 3.05) is 11.7 Å². The molecular formula is C27H22N4O4. The van der Waals surface area contributed by atoms with Gasteiger partial charge in [0.05, 0.1) is 17.3 Å². The van der Waals surface area contributed by atoms with E-state index in [1.165, 1.54) is 0 Å². The molecular weight excluding hydrogens is 444 g/mol. The van der Waals surface area contributed by atoms with Crippen molar-refractivity contribution in [3.8, 4) is 22.9 Å². The van der Waals surface area contributed by atoms with Crippen LogP contribution in [0.25, 0.3) is 17.0 Å². The van der Waals surface area contributed by atoms with Gasteiger partial charge in [-0.1, -0.05) is 53.2 Å². The number of urea groups is 1. The van der Waals surface area contributed by atoms with Crippen LogP contribution in [0.5, 0.6) is 11.5 Å². The van der Waals surface area contributed by atoms with Gasteiger partial charge < -0.3 is 19.3 Å². The Hall–Kier alpha value is -4.59. The summed E-state index contributed by atoms with van der Waals surface area (Å²) in [7, 11) is 0. The number of carbonyl (C=O) groups is 1. The minimum Gasteiger partial charge on any atom is -0.454 e. The molecule has 0 aliphatic carbocycles. The van der Waals surface area contributed by atoms with Gasteiger partial charge in [0.1, 0.15) is 0 Å². The average molecular weight is 466 g/mol. The Labute approximate surface area is 201 Å². The lowest BCUT2D eigenvalue weighted by atomic mass is 9.94. The molecule has 1 atom stereocenters. The van der Waals surface area contributed by atoms with E-state index < -0.39 is 6.04 Å². The molecule has 4 aromatic rings. The molecule has 35 heavy (non-hydrogen) atoms. The highest BCUT2D eigenvalue weighted by Crippen LogP contribution is 2.40. The SMILES string of the molecule is CC1=C(c2nc(-c3ccc4c(c3)OCO4)no2)C(c2ccc(C)cc2)NC(=O)N1c1ccccc1. The molecule has 6 rings (SSSR count). The molecule has 2 aliphatic rings. The van der Waals surface area contributed by atoms with Crippen LogP contribution in [0, 0.1) is 6.92 Å². The highest BCUT2D eigenvalue weighted by Gasteiger charge is 2.36. The van der Waals surface area contributed by atoms with Gasteiger partial charge in [-0.15, -0.1) is 0 Å². The van der Waals surface area contributed by atoms with E-state index in [0.29, 0.717) is 28.9 Å². The van der Waals surface area contributed by atoms with Crippen LogP contribution in [0.2, 0.25) is 0 Å². The fourth-order valence-corrected chi connectivity index (χ4v) is 4.40. The molecule has 0 bridgehead atoms. The predicted molar refractivity (Wildman–Crippen MR) is 130 cm³/mol. The number of anilines is 1. The largest absolute Gasteiger partial charge is 0.454 e. The van der Waals surface area contributed by atoms with Crippen molar-refractivity contribution < 1.29 is 18.8 Å². The van der Waals surface area contributed by atoms with Crippen molar-refractivity contribution >= 4 is 17.3 Å². The molecule has 1 unspecified atom stereocenters. The summed E-state index contributed by atoms with van der Waals surface area (Å²) in [6.07, 6.45) is 0. The van der Waals surface area contributed by atoms with Gasteiger partial charge in [-0.05, 0) is 49.7 Å². The summed E-state index contributed by atoms with van der Waals surface area (Å²) < 4.78 is 16.7. The molecule has 2 aliphatic heterocycles. The van der Waals surface area contributed by atoms with Crippen LogP contribution in [-0.2, 0) is 0 Å². The first-order valence-electron chi connectivity index (χ1n) is 11.3. The number of amides is 2. The molecule has 0 fully saturated rings. The molecule has 3 heterocycles. The zero-order chi connectivity index (χ0) is 23.9. The Kier molecular flexibility index (Phi) is 4.99. The Morgan fingerprint density at radius 1 is 0.943 bits per heavy atom. The first kappa shape index (κ1) is 21.0. The second kappa shape index (κ2) is 8.32. The number of rotatable bonds is 4. The van der Waals surface area contributed by atoms with Gasteiger partial charge in [0.2, 0.25) is 12.6 Å². The molecule has 8 heteroatoms. The first-order valence-corrected chi connectivity index (χ1v) is 11.3. The van der Waals surface area contributed by atoms with E-state index in [4.69, 9.17) is 19.0 Å². The maximum absolute atomic E-state index is 13.3. The number of hydrogen-bond acceptors (Lipinski definition) is 6.